The third kappa shape index (κ3) is 2.01. The summed E-state index contributed by atoms with van der Waals surface area (Å²) in [4.78, 5) is 0. The summed E-state index contributed by atoms with van der Waals surface area (Å²) in [6.45, 7) is 3.00. The maximum atomic E-state index is 9.42. The summed E-state index contributed by atoms with van der Waals surface area (Å²) >= 11 is 0. The second kappa shape index (κ2) is 5.32. The zero-order valence-corrected chi connectivity index (χ0v) is 12.3. The molecule has 4 rings (SSSR count). The molecular weight excluding hydrogens is 270 g/mol. The Kier molecular flexibility index (Phi) is 3.17. The highest BCUT2D eigenvalue weighted by molar-refractivity contribution is 5.96. The van der Waals surface area contributed by atoms with Crippen molar-refractivity contribution in [3.8, 4) is 17.2 Å². The molecule has 0 unspecified atom stereocenters. The molecule has 0 radical (unpaired) electrons. The molecule has 0 atom stereocenters. The van der Waals surface area contributed by atoms with Crippen LogP contribution in [-0.4, -0.2) is 17.7 Å². The molecule has 1 aliphatic heterocycles. The molecule has 0 aliphatic carbocycles. The largest absolute Gasteiger partial charge is 0.343 e. The van der Waals surface area contributed by atoms with Crippen LogP contribution in [0.5, 0.6) is 0 Å². The number of fused-ring (bicyclic) bond motifs is 3. The van der Waals surface area contributed by atoms with Gasteiger partial charge >= 0.3 is 0 Å². The maximum absolute atomic E-state index is 9.42. The van der Waals surface area contributed by atoms with Crippen molar-refractivity contribution in [1.29, 1.82) is 5.26 Å². The summed E-state index contributed by atoms with van der Waals surface area (Å²) in [5.74, 6) is 0. The molecule has 0 spiro atoms. The fourth-order valence-corrected chi connectivity index (χ4v) is 3.41. The van der Waals surface area contributed by atoms with Crippen LogP contribution in [0.2, 0.25) is 0 Å². The van der Waals surface area contributed by atoms with Crippen LogP contribution in [0.1, 0.15) is 11.3 Å². The minimum atomic E-state index is 0.734. The van der Waals surface area contributed by atoms with Crippen LogP contribution in [0.15, 0.2) is 48.5 Å². The van der Waals surface area contributed by atoms with E-state index in [2.05, 4.69) is 40.2 Å². The van der Waals surface area contributed by atoms with Crippen LogP contribution in [0.25, 0.3) is 22.0 Å². The fraction of sp³-hybridized carbons (Fsp3) is 0.211. The monoisotopic (exact) mass is 287 g/mol. The zero-order valence-electron chi connectivity index (χ0n) is 12.3. The van der Waals surface area contributed by atoms with Crippen molar-refractivity contribution in [2.75, 3.05) is 13.1 Å². The first kappa shape index (κ1) is 13.1. The van der Waals surface area contributed by atoms with E-state index < -0.39 is 0 Å². The van der Waals surface area contributed by atoms with Crippen molar-refractivity contribution in [2.24, 2.45) is 0 Å². The number of nitriles is 1. The molecule has 1 N–H and O–H groups in total. The highest BCUT2D eigenvalue weighted by Gasteiger charge is 2.16. The van der Waals surface area contributed by atoms with E-state index in [0.29, 0.717) is 0 Å². The van der Waals surface area contributed by atoms with Gasteiger partial charge in [0, 0.05) is 48.3 Å². The molecule has 0 saturated carbocycles. The Morgan fingerprint density at radius 1 is 1.00 bits per heavy atom. The van der Waals surface area contributed by atoms with Gasteiger partial charge in [-0.15, -0.1) is 0 Å². The van der Waals surface area contributed by atoms with Crippen molar-refractivity contribution in [3.63, 3.8) is 0 Å². The van der Waals surface area contributed by atoms with Crippen molar-refractivity contribution >= 4 is 10.9 Å². The quantitative estimate of drug-likeness (QED) is 0.746. The molecule has 0 amide bonds. The van der Waals surface area contributed by atoms with Gasteiger partial charge < -0.3 is 9.88 Å². The number of aromatic nitrogens is 1. The van der Waals surface area contributed by atoms with Crippen molar-refractivity contribution in [2.45, 2.75) is 13.0 Å². The molecule has 22 heavy (non-hydrogen) atoms. The molecule has 2 aromatic carbocycles. The Morgan fingerprint density at radius 2 is 1.86 bits per heavy atom. The Balaban J connectivity index is 2.03. The summed E-state index contributed by atoms with van der Waals surface area (Å²) < 4.78 is 2.42. The van der Waals surface area contributed by atoms with Gasteiger partial charge in [-0.3, -0.25) is 0 Å². The second-order valence-corrected chi connectivity index (χ2v) is 5.69. The van der Waals surface area contributed by atoms with E-state index in [1.165, 1.54) is 16.6 Å². The third-order valence-corrected chi connectivity index (χ3v) is 4.41. The lowest BCUT2D eigenvalue weighted by Gasteiger charge is -2.11. The molecule has 3 heteroatoms. The Labute approximate surface area is 129 Å². The average Bonchev–Trinajstić information content (AvgIpc) is 2.76. The Hall–Kier alpha value is -2.57. The topological polar surface area (TPSA) is 40.8 Å². The molecule has 0 bridgehead atoms. The van der Waals surface area contributed by atoms with Crippen LogP contribution in [0.3, 0.4) is 0 Å². The van der Waals surface area contributed by atoms with Gasteiger partial charge in [-0.25, -0.2) is 0 Å². The van der Waals surface area contributed by atoms with Crippen LogP contribution in [0, 0.1) is 11.3 Å². The predicted molar refractivity (Wildman–Crippen MR) is 88.7 cm³/mol. The molecule has 3 nitrogen and oxygen atoms in total. The van der Waals surface area contributed by atoms with Crippen LogP contribution < -0.4 is 5.32 Å². The smallest absolute Gasteiger partial charge is 0.0998 e. The van der Waals surface area contributed by atoms with Crippen molar-refractivity contribution < 1.29 is 0 Å². The first-order valence-corrected chi connectivity index (χ1v) is 7.70. The highest BCUT2D eigenvalue weighted by Crippen LogP contribution is 2.33. The van der Waals surface area contributed by atoms with Gasteiger partial charge in [0.1, 0.15) is 0 Å². The second-order valence-electron chi connectivity index (χ2n) is 5.69. The van der Waals surface area contributed by atoms with Gasteiger partial charge in [0.05, 0.1) is 17.1 Å². The number of para-hydroxylation sites is 1. The number of nitrogens with zero attached hydrogens (tertiary/aromatic N) is 2. The van der Waals surface area contributed by atoms with E-state index in [0.717, 1.165) is 42.7 Å². The van der Waals surface area contributed by atoms with Gasteiger partial charge in [-0.1, -0.05) is 36.4 Å². The molecule has 3 aromatic rings. The standard InChI is InChI=1S/C19H17N3/c20-13-15-4-1-2-6-17(15)18-7-3-5-14-12-16-8-9-21-10-11-22(16)19(14)18/h1-7,12,21H,8-11H2. The number of hydrogen-bond acceptors (Lipinski definition) is 2. The Bertz CT molecular complexity index is 883. The Morgan fingerprint density at radius 3 is 2.77 bits per heavy atom. The van der Waals surface area contributed by atoms with E-state index in [1.54, 1.807) is 0 Å². The summed E-state index contributed by atoms with van der Waals surface area (Å²) in [5, 5.41) is 14.1. The molecule has 108 valence electrons. The lowest BCUT2D eigenvalue weighted by atomic mass is 9.98. The summed E-state index contributed by atoms with van der Waals surface area (Å²) in [5.41, 5.74) is 5.54. The van der Waals surface area contributed by atoms with Crippen LogP contribution in [0.4, 0.5) is 0 Å². The zero-order chi connectivity index (χ0) is 14.9. The molecular formula is C19H17N3. The van der Waals surface area contributed by atoms with Gasteiger partial charge in [0.2, 0.25) is 0 Å². The molecule has 0 fully saturated rings. The van der Waals surface area contributed by atoms with Gasteiger partial charge in [0.15, 0.2) is 0 Å². The van der Waals surface area contributed by atoms with Crippen LogP contribution >= 0.6 is 0 Å². The first-order chi connectivity index (χ1) is 10.9. The first-order valence-electron chi connectivity index (χ1n) is 7.70. The fourth-order valence-electron chi connectivity index (χ4n) is 3.41. The minimum absolute atomic E-state index is 0.734. The summed E-state index contributed by atoms with van der Waals surface area (Å²) in [6, 6.07) is 18.9. The summed E-state index contributed by atoms with van der Waals surface area (Å²) in [6.07, 6.45) is 1.05. The molecule has 1 aromatic heterocycles. The van der Waals surface area contributed by atoms with Crippen molar-refractivity contribution in [1.82, 2.24) is 9.88 Å². The van der Waals surface area contributed by atoms with Gasteiger partial charge in [-0.05, 0) is 12.1 Å². The highest BCUT2D eigenvalue weighted by atomic mass is 15.0. The van der Waals surface area contributed by atoms with E-state index in [4.69, 9.17) is 0 Å². The van der Waals surface area contributed by atoms with Crippen molar-refractivity contribution in [3.05, 3.63) is 59.8 Å². The lowest BCUT2D eigenvalue weighted by Crippen LogP contribution is -2.17. The van der Waals surface area contributed by atoms with E-state index in [-0.39, 0.29) is 0 Å². The van der Waals surface area contributed by atoms with Crippen LogP contribution in [-0.2, 0) is 13.0 Å². The van der Waals surface area contributed by atoms with Gasteiger partial charge in [-0.2, -0.15) is 5.26 Å². The predicted octanol–water partition coefficient (Wildman–Crippen LogP) is 3.33. The lowest BCUT2D eigenvalue weighted by molar-refractivity contribution is 0.658. The molecule has 0 saturated heterocycles. The van der Waals surface area contributed by atoms with E-state index in [1.807, 2.05) is 24.3 Å². The van der Waals surface area contributed by atoms with E-state index >= 15 is 0 Å². The summed E-state index contributed by atoms with van der Waals surface area (Å²) in [7, 11) is 0. The molecule has 2 heterocycles. The number of hydrogen-bond donors (Lipinski definition) is 1. The number of rotatable bonds is 1. The average molecular weight is 287 g/mol. The van der Waals surface area contributed by atoms with Gasteiger partial charge in [0.25, 0.3) is 0 Å². The van der Waals surface area contributed by atoms with E-state index in [9.17, 15) is 5.26 Å². The normalized spacial score (nSPS) is 14.3. The minimum Gasteiger partial charge on any atom is -0.343 e. The maximum Gasteiger partial charge on any atom is 0.0998 e. The molecule has 1 aliphatic rings. The number of nitrogens with one attached hydrogen (secondary N) is 1. The number of benzene rings is 2. The third-order valence-electron chi connectivity index (χ3n) is 4.41. The SMILES string of the molecule is N#Cc1ccccc1-c1cccc2cc3n(c12)CCNCC3.